The zero-order valence-electron chi connectivity index (χ0n) is 16.1. The highest BCUT2D eigenvalue weighted by Gasteiger charge is 2.31. The monoisotopic (exact) mass is 438 g/mol. The van der Waals surface area contributed by atoms with Crippen molar-refractivity contribution in [1.82, 2.24) is 9.21 Å². The van der Waals surface area contributed by atoms with E-state index in [1.807, 2.05) is 25.1 Å². The van der Waals surface area contributed by atoms with Gasteiger partial charge in [0.15, 0.2) is 11.5 Å². The van der Waals surface area contributed by atoms with Crippen molar-refractivity contribution in [1.29, 1.82) is 0 Å². The van der Waals surface area contributed by atoms with Crippen molar-refractivity contribution in [2.75, 3.05) is 39.6 Å². The average molecular weight is 439 g/mol. The number of rotatable bonds is 6. The van der Waals surface area contributed by atoms with Crippen LogP contribution in [0.15, 0.2) is 41.3 Å². The Labute approximate surface area is 175 Å². The minimum atomic E-state index is -3.68. The maximum Gasteiger partial charge on any atom is 0.246 e. The van der Waals surface area contributed by atoms with Gasteiger partial charge in [0.05, 0.1) is 6.61 Å². The maximum atomic E-state index is 13.2. The lowest BCUT2D eigenvalue weighted by Crippen LogP contribution is -2.48. The molecule has 0 aliphatic carbocycles. The molecule has 4 rings (SSSR count). The van der Waals surface area contributed by atoms with Gasteiger partial charge in [-0.15, -0.1) is 0 Å². The van der Waals surface area contributed by atoms with Gasteiger partial charge >= 0.3 is 0 Å². The lowest BCUT2D eigenvalue weighted by atomic mass is 10.2. The first-order chi connectivity index (χ1) is 14.0. The number of hydrogen-bond acceptors (Lipinski definition) is 6. The van der Waals surface area contributed by atoms with Crippen molar-refractivity contribution in [2.24, 2.45) is 0 Å². The highest BCUT2D eigenvalue weighted by Crippen LogP contribution is 2.33. The Balaban J connectivity index is 1.43. The van der Waals surface area contributed by atoms with Crippen molar-refractivity contribution < 1.29 is 22.6 Å². The Morgan fingerprint density at radius 2 is 1.79 bits per heavy atom. The van der Waals surface area contributed by atoms with Gasteiger partial charge in [0, 0.05) is 37.7 Å². The molecule has 0 amide bonds. The van der Waals surface area contributed by atoms with E-state index in [1.54, 1.807) is 12.1 Å². The van der Waals surface area contributed by atoms with E-state index < -0.39 is 10.0 Å². The molecule has 1 saturated heterocycles. The molecular weight excluding hydrogens is 416 g/mol. The third kappa shape index (κ3) is 4.30. The summed E-state index contributed by atoms with van der Waals surface area (Å²) in [5, 5.41) is 0.369. The maximum absolute atomic E-state index is 13.2. The topological polar surface area (TPSA) is 68.3 Å². The highest BCUT2D eigenvalue weighted by molar-refractivity contribution is 7.89. The second-order valence-electron chi connectivity index (χ2n) is 6.89. The van der Waals surface area contributed by atoms with E-state index in [2.05, 4.69) is 4.90 Å². The summed E-state index contributed by atoms with van der Waals surface area (Å²) in [5.74, 6) is 1.85. The fourth-order valence-electron chi connectivity index (χ4n) is 3.52. The molecule has 0 N–H and O–H groups in total. The first kappa shape index (κ1) is 20.3. The molecule has 29 heavy (non-hydrogen) atoms. The van der Waals surface area contributed by atoms with Gasteiger partial charge in [0.2, 0.25) is 16.8 Å². The molecule has 7 nitrogen and oxygen atoms in total. The number of hydrogen-bond donors (Lipinski definition) is 0. The zero-order valence-corrected chi connectivity index (χ0v) is 17.7. The van der Waals surface area contributed by atoms with Crippen LogP contribution in [0.2, 0.25) is 5.02 Å². The summed E-state index contributed by atoms with van der Waals surface area (Å²) >= 11 is 6.05. The number of benzene rings is 2. The number of fused-ring (bicyclic) bond motifs is 1. The van der Waals surface area contributed by atoms with Gasteiger partial charge < -0.3 is 14.2 Å². The molecule has 0 bridgehead atoms. The van der Waals surface area contributed by atoms with E-state index in [-0.39, 0.29) is 11.7 Å². The molecule has 156 valence electrons. The second-order valence-corrected chi connectivity index (χ2v) is 9.23. The van der Waals surface area contributed by atoms with Crippen molar-refractivity contribution in [2.45, 2.75) is 18.4 Å². The lowest BCUT2D eigenvalue weighted by molar-refractivity contribution is 0.173. The average Bonchev–Trinajstić information content (AvgIpc) is 3.18. The molecule has 0 aromatic heterocycles. The van der Waals surface area contributed by atoms with Crippen LogP contribution in [0.4, 0.5) is 0 Å². The molecule has 0 unspecified atom stereocenters. The van der Waals surface area contributed by atoms with Crippen LogP contribution in [0.1, 0.15) is 12.5 Å². The number of piperazine rings is 1. The Bertz CT molecular complexity index is 990. The van der Waals surface area contributed by atoms with Crippen LogP contribution in [0.5, 0.6) is 17.2 Å². The number of nitrogens with zero attached hydrogens (tertiary/aromatic N) is 2. The summed E-state index contributed by atoms with van der Waals surface area (Å²) in [6.07, 6.45) is 0. The van der Waals surface area contributed by atoms with Gasteiger partial charge in [-0.2, -0.15) is 4.31 Å². The molecule has 2 aromatic carbocycles. The second kappa shape index (κ2) is 8.39. The summed E-state index contributed by atoms with van der Waals surface area (Å²) in [6.45, 7) is 5.27. The molecule has 0 spiro atoms. The van der Waals surface area contributed by atoms with Crippen LogP contribution in [-0.4, -0.2) is 57.2 Å². The predicted molar refractivity (Wildman–Crippen MR) is 109 cm³/mol. The molecule has 2 heterocycles. The summed E-state index contributed by atoms with van der Waals surface area (Å²) in [5.41, 5.74) is 1.11. The van der Waals surface area contributed by atoms with Gasteiger partial charge in [0.25, 0.3) is 0 Å². The minimum Gasteiger partial charge on any atom is -0.492 e. The van der Waals surface area contributed by atoms with Gasteiger partial charge in [-0.05, 0) is 42.8 Å². The lowest BCUT2D eigenvalue weighted by Gasteiger charge is -2.34. The van der Waals surface area contributed by atoms with E-state index in [4.69, 9.17) is 25.8 Å². The summed E-state index contributed by atoms with van der Waals surface area (Å²) in [7, 11) is -3.68. The SMILES string of the molecule is CCOc1ccc(Cl)cc1S(=O)(=O)N1CCN(Cc2ccc3c(c2)OCO3)CC1. The van der Waals surface area contributed by atoms with Crippen molar-refractivity contribution >= 4 is 21.6 Å². The predicted octanol–water partition coefficient (Wildman–Crippen LogP) is 2.97. The highest BCUT2D eigenvalue weighted by atomic mass is 35.5. The van der Waals surface area contributed by atoms with Gasteiger partial charge in [-0.3, -0.25) is 4.90 Å². The minimum absolute atomic E-state index is 0.121. The van der Waals surface area contributed by atoms with E-state index in [0.29, 0.717) is 43.6 Å². The molecular formula is C20H23ClN2O5S. The van der Waals surface area contributed by atoms with Crippen LogP contribution in [0.3, 0.4) is 0 Å². The Morgan fingerprint density at radius 1 is 1.03 bits per heavy atom. The first-order valence-corrected chi connectivity index (χ1v) is 11.3. The van der Waals surface area contributed by atoms with Crippen LogP contribution in [-0.2, 0) is 16.6 Å². The number of halogens is 1. The van der Waals surface area contributed by atoms with E-state index in [1.165, 1.54) is 10.4 Å². The standard InChI is InChI=1S/C20H23ClN2O5S/c1-2-26-18-6-4-16(21)12-20(18)29(24,25)23-9-7-22(8-10-23)13-15-3-5-17-19(11-15)28-14-27-17/h3-6,11-12H,2,7-10,13-14H2,1H3. The van der Waals surface area contributed by atoms with Crippen LogP contribution >= 0.6 is 11.6 Å². The van der Waals surface area contributed by atoms with E-state index in [0.717, 1.165) is 23.6 Å². The van der Waals surface area contributed by atoms with Crippen molar-refractivity contribution in [3.05, 3.63) is 47.0 Å². The molecule has 2 aliphatic heterocycles. The van der Waals surface area contributed by atoms with Crippen LogP contribution in [0.25, 0.3) is 0 Å². The Hall–Kier alpha value is -2.00. The van der Waals surface area contributed by atoms with E-state index in [9.17, 15) is 8.42 Å². The smallest absolute Gasteiger partial charge is 0.246 e. The first-order valence-electron chi connectivity index (χ1n) is 9.51. The molecule has 0 saturated carbocycles. The van der Waals surface area contributed by atoms with Gasteiger partial charge in [0.1, 0.15) is 10.6 Å². The zero-order chi connectivity index (χ0) is 20.4. The molecule has 2 aliphatic rings. The Morgan fingerprint density at radius 3 is 2.55 bits per heavy atom. The summed E-state index contributed by atoms with van der Waals surface area (Å²) in [6, 6.07) is 10.6. The van der Waals surface area contributed by atoms with Crippen molar-refractivity contribution in [3.8, 4) is 17.2 Å². The fourth-order valence-corrected chi connectivity index (χ4v) is 5.34. The molecule has 1 fully saturated rings. The number of ether oxygens (including phenoxy) is 3. The largest absolute Gasteiger partial charge is 0.492 e. The third-order valence-electron chi connectivity index (χ3n) is 5.00. The van der Waals surface area contributed by atoms with Gasteiger partial charge in [-0.1, -0.05) is 17.7 Å². The Kier molecular flexibility index (Phi) is 5.87. The third-order valence-corrected chi connectivity index (χ3v) is 7.15. The fraction of sp³-hybridized carbons (Fsp3) is 0.400. The molecule has 2 aromatic rings. The van der Waals surface area contributed by atoms with Gasteiger partial charge in [-0.25, -0.2) is 8.42 Å². The van der Waals surface area contributed by atoms with Crippen molar-refractivity contribution in [3.63, 3.8) is 0 Å². The number of sulfonamides is 1. The summed E-state index contributed by atoms with van der Waals surface area (Å²) in [4.78, 5) is 2.35. The van der Waals surface area contributed by atoms with E-state index >= 15 is 0 Å². The molecule has 0 radical (unpaired) electrons. The quantitative estimate of drug-likeness (QED) is 0.690. The molecule has 9 heteroatoms. The van der Waals surface area contributed by atoms with Crippen LogP contribution in [0, 0.1) is 0 Å². The summed E-state index contributed by atoms with van der Waals surface area (Å²) < 4.78 is 44.1. The normalized spacial score (nSPS) is 17.4. The molecule has 0 atom stereocenters. The van der Waals surface area contributed by atoms with Crippen LogP contribution < -0.4 is 14.2 Å².